The summed E-state index contributed by atoms with van der Waals surface area (Å²) >= 11 is 0. The molecule has 1 heterocycles. The van der Waals surface area contributed by atoms with Gasteiger partial charge in [0.2, 0.25) is 0 Å². The van der Waals surface area contributed by atoms with E-state index in [1.807, 2.05) is 0 Å². The Morgan fingerprint density at radius 1 is 1.16 bits per heavy atom. The maximum absolute atomic E-state index is 11.0. The summed E-state index contributed by atoms with van der Waals surface area (Å²) in [5.41, 5.74) is 4.57. The van der Waals surface area contributed by atoms with E-state index in [0.29, 0.717) is 13.2 Å². The van der Waals surface area contributed by atoms with Crippen molar-refractivity contribution in [1.82, 2.24) is 0 Å². The van der Waals surface area contributed by atoms with Crippen molar-refractivity contribution in [1.29, 1.82) is 0 Å². The van der Waals surface area contributed by atoms with Crippen LogP contribution >= 0.6 is 0 Å². The van der Waals surface area contributed by atoms with Gasteiger partial charge in [-0.25, -0.2) is 0 Å². The molecular formula is C21H22O4. The number of ether oxygens (including phenoxy) is 2. The SMILES string of the molecule is O=C(O)[C@@H]1C[C@H]1c1ccc(-c2cccc(COC3CCOC3)c2)cc1. The maximum atomic E-state index is 11.0. The smallest absolute Gasteiger partial charge is 0.307 e. The predicted molar refractivity (Wildman–Crippen MR) is 94.4 cm³/mol. The molecule has 25 heavy (non-hydrogen) atoms. The molecule has 1 saturated carbocycles. The van der Waals surface area contributed by atoms with E-state index >= 15 is 0 Å². The van der Waals surface area contributed by atoms with Crippen molar-refractivity contribution in [2.75, 3.05) is 13.2 Å². The first kappa shape index (κ1) is 16.3. The van der Waals surface area contributed by atoms with Gasteiger partial charge in [-0.05, 0) is 47.1 Å². The molecule has 0 spiro atoms. The Morgan fingerprint density at radius 3 is 2.68 bits per heavy atom. The van der Waals surface area contributed by atoms with Crippen LogP contribution < -0.4 is 0 Å². The van der Waals surface area contributed by atoms with Gasteiger partial charge >= 0.3 is 5.97 Å². The fraction of sp³-hybridized carbons (Fsp3) is 0.381. The van der Waals surface area contributed by atoms with Crippen molar-refractivity contribution in [3.63, 3.8) is 0 Å². The van der Waals surface area contributed by atoms with E-state index in [0.717, 1.165) is 41.7 Å². The molecule has 4 rings (SSSR count). The van der Waals surface area contributed by atoms with E-state index in [1.54, 1.807) is 0 Å². The molecule has 130 valence electrons. The molecule has 0 bridgehead atoms. The summed E-state index contributed by atoms with van der Waals surface area (Å²) in [6.07, 6.45) is 1.94. The summed E-state index contributed by atoms with van der Waals surface area (Å²) in [5, 5.41) is 9.06. The van der Waals surface area contributed by atoms with Crippen LogP contribution in [0.15, 0.2) is 48.5 Å². The standard InChI is InChI=1S/C21H22O4/c22-21(23)20-11-19(20)16-6-4-15(5-7-16)17-3-1-2-14(10-17)12-25-18-8-9-24-13-18/h1-7,10,18-20H,8-9,11-13H2,(H,22,23)/t18?,19-,20+/m0/s1. The van der Waals surface area contributed by atoms with E-state index in [-0.39, 0.29) is 17.9 Å². The zero-order chi connectivity index (χ0) is 17.2. The van der Waals surface area contributed by atoms with Crippen LogP contribution in [-0.4, -0.2) is 30.4 Å². The fourth-order valence-corrected chi connectivity index (χ4v) is 3.46. The second kappa shape index (κ2) is 6.98. The van der Waals surface area contributed by atoms with Crippen molar-refractivity contribution in [2.45, 2.75) is 31.5 Å². The third kappa shape index (κ3) is 3.75. The van der Waals surface area contributed by atoms with Gasteiger partial charge < -0.3 is 14.6 Å². The zero-order valence-corrected chi connectivity index (χ0v) is 14.1. The van der Waals surface area contributed by atoms with Crippen LogP contribution in [0.4, 0.5) is 0 Å². The van der Waals surface area contributed by atoms with Gasteiger partial charge in [-0.3, -0.25) is 4.79 Å². The second-order valence-corrected chi connectivity index (χ2v) is 6.91. The van der Waals surface area contributed by atoms with Crippen LogP contribution in [0.1, 0.15) is 29.9 Å². The van der Waals surface area contributed by atoms with Crippen LogP contribution in [-0.2, 0) is 20.9 Å². The zero-order valence-electron chi connectivity index (χ0n) is 14.1. The van der Waals surface area contributed by atoms with E-state index in [1.165, 1.54) is 0 Å². The van der Waals surface area contributed by atoms with Gasteiger partial charge in [0, 0.05) is 6.61 Å². The topological polar surface area (TPSA) is 55.8 Å². The number of carbonyl (C=O) groups is 1. The molecule has 4 nitrogen and oxygen atoms in total. The molecule has 1 aliphatic heterocycles. The normalized spacial score (nSPS) is 25.0. The van der Waals surface area contributed by atoms with E-state index in [4.69, 9.17) is 14.6 Å². The summed E-state index contributed by atoms with van der Waals surface area (Å²) in [5.74, 6) is -0.708. The van der Waals surface area contributed by atoms with Gasteiger partial charge in [-0.1, -0.05) is 42.5 Å². The van der Waals surface area contributed by atoms with Gasteiger partial charge in [0.1, 0.15) is 0 Å². The first-order valence-electron chi connectivity index (χ1n) is 8.82. The Kier molecular flexibility index (Phi) is 4.55. The average molecular weight is 338 g/mol. The van der Waals surface area contributed by atoms with Crippen LogP contribution in [0.25, 0.3) is 11.1 Å². The molecule has 2 aliphatic rings. The lowest BCUT2D eigenvalue weighted by Gasteiger charge is -2.11. The van der Waals surface area contributed by atoms with Crippen LogP contribution in [0, 0.1) is 5.92 Å². The van der Waals surface area contributed by atoms with Gasteiger partial charge in [0.05, 0.1) is 25.2 Å². The van der Waals surface area contributed by atoms with Gasteiger partial charge in [-0.2, -0.15) is 0 Å². The highest BCUT2D eigenvalue weighted by Crippen LogP contribution is 2.47. The number of hydrogen-bond donors (Lipinski definition) is 1. The van der Waals surface area contributed by atoms with Crippen molar-refractivity contribution in [3.05, 3.63) is 59.7 Å². The Morgan fingerprint density at radius 2 is 2.00 bits per heavy atom. The van der Waals surface area contributed by atoms with Crippen molar-refractivity contribution < 1.29 is 19.4 Å². The highest BCUT2D eigenvalue weighted by molar-refractivity contribution is 5.75. The van der Waals surface area contributed by atoms with E-state index < -0.39 is 5.97 Å². The van der Waals surface area contributed by atoms with Crippen molar-refractivity contribution in [3.8, 4) is 11.1 Å². The van der Waals surface area contributed by atoms with Crippen LogP contribution in [0.3, 0.4) is 0 Å². The summed E-state index contributed by atoms with van der Waals surface area (Å²) in [4.78, 5) is 11.0. The monoisotopic (exact) mass is 338 g/mol. The molecule has 4 heteroatoms. The molecule has 3 atom stereocenters. The minimum Gasteiger partial charge on any atom is -0.481 e. The summed E-state index contributed by atoms with van der Waals surface area (Å²) in [6, 6.07) is 16.7. The van der Waals surface area contributed by atoms with Gasteiger partial charge in [-0.15, -0.1) is 0 Å². The van der Waals surface area contributed by atoms with Gasteiger partial charge in [0.15, 0.2) is 0 Å². The molecule has 1 unspecified atom stereocenters. The molecule has 0 aromatic heterocycles. The summed E-state index contributed by atoms with van der Waals surface area (Å²) < 4.78 is 11.2. The Labute approximate surface area is 147 Å². The van der Waals surface area contributed by atoms with Crippen LogP contribution in [0.2, 0.25) is 0 Å². The molecule has 0 radical (unpaired) electrons. The summed E-state index contributed by atoms with van der Waals surface area (Å²) in [6.45, 7) is 2.09. The fourth-order valence-electron chi connectivity index (χ4n) is 3.46. The lowest BCUT2D eigenvalue weighted by atomic mass is 10.0. The minimum absolute atomic E-state index is 0.180. The number of carboxylic acids is 1. The van der Waals surface area contributed by atoms with E-state index in [9.17, 15) is 4.79 Å². The van der Waals surface area contributed by atoms with E-state index in [2.05, 4.69) is 48.5 Å². The number of carboxylic acid groups (broad SMARTS) is 1. The molecule has 2 aromatic carbocycles. The molecule has 1 saturated heterocycles. The first-order chi connectivity index (χ1) is 12.2. The van der Waals surface area contributed by atoms with Crippen molar-refractivity contribution in [2.24, 2.45) is 5.92 Å². The number of benzene rings is 2. The molecular weight excluding hydrogens is 316 g/mol. The Balaban J connectivity index is 1.42. The summed E-state index contributed by atoms with van der Waals surface area (Å²) in [7, 11) is 0. The van der Waals surface area contributed by atoms with Crippen LogP contribution in [0.5, 0.6) is 0 Å². The average Bonchev–Trinajstić information content (AvgIpc) is 3.28. The number of aliphatic carboxylic acids is 1. The Hall–Kier alpha value is -2.17. The number of hydrogen-bond acceptors (Lipinski definition) is 3. The van der Waals surface area contributed by atoms with Crippen molar-refractivity contribution >= 4 is 5.97 Å². The quantitative estimate of drug-likeness (QED) is 0.869. The molecule has 1 N–H and O–H groups in total. The maximum Gasteiger partial charge on any atom is 0.307 e. The minimum atomic E-state index is -0.686. The lowest BCUT2D eigenvalue weighted by molar-refractivity contribution is -0.138. The third-order valence-corrected chi connectivity index (χ3v) is 5.08. The highest BCUT2D eigenvalue weighted by Gasteiger charge is 2.43. The highest BCUT2D eigenvalue weighted by atomic mass is 16.5. The Bertz CT molecular complexity index is 747. The van der Waals surface area contributed by atoms with Gasteiger partial charge in [0.25, 0.3) is 0 Å². The predicted octanol–water partition coefficient (Wildman–Crippen LogP) is 3.85. The second-order valence-electron chi connectivity index (χ2n) is 6.91. The third-order valence-electron chi connectivity index (χ3n) is 5.08. The lowest BCUT2D eigenvalue weighted by Crippen LogP contribution is -2.11. The molecule has 0 amide bonds. The molecule has 2 aromatic rings. The molecule has 2 fully saturated rings. The number of rotatable bonds is 6. The molecule has 1 aliphatic carbocycles. The first-order valence-corrected chi connectivity index (χ1v) is 8.82. The largest absolute Gasteiger partial charge is 0.481 e.